The number of benzene rings is 1. The average molecular weight is 264 g/mol. The molecule has 0 spiro atoms. The van der Waals surface area contributed by atoms with Crippen molar-refractivity contribution in [1.82, 2.24) is 5.32 Å². The molecule has 0 heterocycles. The average Bonchev–Trinajstić information content (AvgIpc) is 2.40. The molecular formula is C15H24N2O2. The molecule has 1 aromatic carbocycles. The lowest BCUT2D eigenvalue weighted by Gasteiger charge is -2.11. The Morgan fingerprint density at radius 2 is 2.05 bits per heavy atom. The van der Waals surface area contributed by atoms with E-state index in [1.165, 1.54) is 11.1 Å². The van der Waals surface area contributed by atoms with Crippen molar-refractivity contribution >= 4 is 11.6 Å². The van der Waals surface area contributed by atoms with Crippen molar-refractivity contribution < 1.29 is 9.53 Å². The van der Waals surface area contributed by atoms with Crippen LogP contribution in [-0.4, -0.2) is 32.7 Å². The largest absolute Gasteiger partial charge is 0.385 e. The summed E-state index contributed by atoms with van der Waals surface area (Å²) in [7, 11) is 1.66. The van der Waals surface area contributed by atoms with Crippen molar-refractivity contribution in [2.75, 3.05) is 32.1 Å². The van der Waals surface area contributed by atoms with Crippen LogP contribution in [-0.2, 0) is 9.53 Å². The summed E-state index contributed by atoms with van der Waals surface area (Å²) in [4.78, 5) is 11.6. The van der Waals surface area contributed by atoms with Crippen LogP contribution in [0, 0.1) is 13.8 Å². The van der Waals surface area contributed by atoms with Crippen molar-refractivity contribution in [3.8, 4) is 0 Å². The second-order valence-corrected chi connectivity index (χ2v) is 4.62. The van der Waals surface area contributed by atoms with E-state index in [2.05, 4.69) is 30.5 Å². The number of anilines is 1. The highest BCUT2D eigenvalue weighted by Crippen LogP contribution is 2.17. The molecule has 1 aromatic rings. The van der Waals surface area contributed by atoms with E-state index in [0.717, 1.165) is 12.1 Å². The first-order valence-corrected chi connectivity index (χ1v) is 6.71. The molecule has 106 valence electrons. The fourth-order valence-corrected chi connectivity index (χ4v) is 1.79. The molecule has 0 fully saturated rings. The standard InChI is InChI=1S/C15H24N2O2/c1-12-6-4-7-14(13(12)2)16-10-8-15(18)17-9-5-11-19-3/h4,6-7,16H,5,8-11H2,1-3H3,(H,17,18). The number of nitrogens with one attached hydrogen (secondary N) is 2. The van der Waals surface area contributed by atoms with Gasteiger partial charge in [-0.05, 0) is 37.5 Å². The monoisotopic (exact) mass is 264 g/mol. The van der Waals surface area contributed by atoms with Gasteiger partial charge in [0.15, 0.2) is 0 Å². The van der Waals surface area contributed by atoms with Crippen LogP contribution in [0.5, 0.6) is 0 Å². The van der Waals surface area contributed by atoms with Crippen molar-refractivity contribution in [2.45, 2.75) is 26.7 Å². The molecule has 0 saturated heterocycles. The lowest BCUT2D eigenvalue weighted by Crippen LogP contribution is -2.27. The van der Waals surface area contributed by atoms with Gasteiger partial charge in [-0.15, -0.1) is 0 Å². The van der Waals surface area contributed by atoms with Crippen molar-refractivity contribution in [3.05, 3.63) is 29.3 Å². The topological polar surface area (TPSA) is 50.4 Å². The highest BCUT2D eigenvalue weighted by atomic mass is 16.5. The first-order chi connectivity index (χ1) is 9.15. The van der Waals surface area contributed by atoms with Crippen molar-refractivity contribution in [3.63, 3.8) is 0 Å². The van der Waals surface area contributed by atoms with Gasteiger partial charge in [0.25, 0.3) is 0 Å². The van der Waals surface area contributed by atoms with Gasteiger partial charge in [-0.25, -0.2) is 0 Å². The number of hydrogen-bond acceptors (Lipinski definition) is 3. The van der Waals surface area contributed by atoms with Crippen LogP contribution in [0.1, 0.15) is 24.0 Å². The Bertz CT molecular complexity index is 405. The number of methoxy groups -OCH3 is 1. The molecule has 19 heavy (non-hydrogen) atoms. The molecule has 1 amide bonds. The summed E-state index contributed by atoms with van der Waals surface area (Å²) >= 11 is 0. The van der Waals surface area contributed by atoms with Crippen molar-refractivity contribution in [2.24, 2.45) is 0 Å². The highest BCUT2D eigenvalue weighted by molar-refractivity contribution is 5.76. The van der Waals surface area contributed by atoms with Gasteiger partial charge in [-0.2, -0.15) is 0 Å². The Labute approximate surface area is 115 Å². The van der Waals surface area contributed by atoms with Crippen LogP contribution in [0.2, 0.25) is 0 Å². The summed E-state index contributed by atoms with van der Waals surface area (Å²) in [5.41, 5.74) is 3.60. The van der Waals surface area contributed by atoms with Crippen LogP contribution in [0.4, 0.5) is 5.69 Å². The van der Waals surface area contributed by atoms with Gasteiger partial charge >= 0.3 is 0 Å². The predicted octanol–water partition coefficient (Wildman–Crippen LogP) is 2.26. The molecule has 0 bridgehead atoms. The van der Waals surface area contributed by atoms with E-state index in [4.69, 9.17) is 4.74 Å². The quantitative estimate of drug-likeness (QED) is 0.708. The summed E-state index contributed by atoms with van der Waals surface area (Å²) in [5, 5.41) is 6.17. The first-order valence-electron chi connectivity index (χ1n) is 6.71. The maximum absolute atomic E-state index is 11.6. The van der Waals surface area contributed by atoms with Gasteiger partial charge in [0, 0.05) is 38.9 Å². The fourth-order valence-electron chi connectivity index (χ4n) is 1.79. The lowest BCUT2D eigenvalue weighted by molar-refractivity contribution is -0.120. The molecular weight excluding hydrogens is 240 g/mol. The summed E-state index contributed by atoms with van der Waals surface area (Å²) in [5.74, 6) is 0.0777. The Hall–Kier alpha value is -1.55. The maximum atomic E-state index is 11.6. The van der Waals surface area contributed by atoms with Crippen molar-refractivity contribution in [1.29, 1.82) is 0 Å². The number of ether oxygens (including phenoxy) is 1. The molecule has 0 unspecified atom stereocenters. The summed E-state index contributed by atoms with van der Waals surface area (Å²) in [6, 6.07) is 6.15. The third-order valence-corrected chi connectivity index (χ3v) is 3.12. The second kappa shape index (κ2) is 8.53. The van der Waals surface area contributed by atoms with E-state index in [-0.39, 0.29) is 5.91 Å². The molecule has 0 saturated carbocycles. The van der Waals surface area contributed by atoms with Gasteiger partial charge < -0.3 is 15.4 Å². The molecule has 1 rings (SSSR count). The number of carbonyl (C=O) groups excluding carboxylic acids is 1. The van der Waals surface area contributed by atoms with Gasteiger partial charge in [0.05, 0.1) is 0 Å². The smallest absolute Gasteiger partial charge is 0.221 e. The fraction of sp³-hybridized carbons (Fsp3) is 0.533. The maximum Gasteiger partial charge on any atom is 0.221 e. The lowest BCUT2D eigenvalue weighted by atomic mass is 10.1. The van der Waals surface area contributed by atoms with E-state index >= 15 is 0 Å². The number of aryl methyl sites for hydroxylation is 1. The zero-order valence-electron chi connectivity index (χ0n) is 12.1. The predicted molar refractivity (Wildman–Crippen MR) is 78.5 cm³/mol. The molecule has 2 N–H and O–H groups in total. The third kappa shape index (κ3) is 5.75. The van der Waals surface area contributed by atoms with Crippen LogP contribution >= 0.6 is 0 Å². The number of amides is 1. The summed E-state index contributed by atoms with van der Waals surface area (Å²) in [6.45, 7) is 6.18. The molecule has 0 aliphatic rings. The molecule has 0 aliphatic carbocycles. The SMILES string of the molecule is COCCCNC(=O)CCNc1cccc(C)c1C. The van der Waals surface area contributed by atoms with Crippen LogP contribution in [0.15, 0.2) is 18.2 Å². The van der Waals surface area contributed by atoms with E-state index in [1.807, 2.05) is 12.1 Å². The molecule has 0 aromatic heterocycles. The molecule has 4 nitrogen and oxygen atoms in total. The van der Waals surface area contributed by atoms with Gasteiger partial charge in [-0.3, -0.25) is 4.79 Å². The Morgan fingerprint density at radius 1 is 1.26 bits per heavy atom. The van der Waals surface area contributed by atoms with Crippen LogP contribution in [0.25, 0.3) is 0 Å². The minimum Gasteiger partial charge on any atom is -0.385 e. The van der Waals surface area contributed by atoms with Gasteiger partial charge in [0.2, 0.25) is 5.91 Å². The molecule has 4 heteroatoms. The molecule has 0 aliphatic heterocycles. The van der Waals surface area contributed by atoms with Gasteiger partial charge in [-0.1, -0.05) is 12.1 Å². The van der Waals surface area contributed by atoms with Gasteiger partial charge in [0.1, 0.15) is 0 Å². The van der Waals surface area contributed by atoms with E-state index in [9.17, 15) is 4.79 Å². The Morgan fingerprint density at radius 3 is 2.79 bits per heavy atom. The minimum absolute atomic E-state index is 0.0777. The highest BCUT2D eigenvalue weighted by Gasteiger charge is 2.02. The Kier molecular flexibility index (Phi) is 6.97. The van der Waals surface area contributed by atoms with E-state index in [1.54, 1.807) is 7.11 Å². The van der Waals surface area contributed by atoms with Crippen LogP contribution in [0.3, 0.4) is 0 Å². The Balaban J connectivity index is 2.23. The first kappa shape index (κ1) is 15.5. The normalized spacial score (nSPS) is 10.3. The summed E-state index contributed by atoms with van der Waals surface area (Å²) < 4.78 is 4.92. The number of hydrogen-bond donors (Lipinski definition) is 2. The summed E-state index contributed by atoms with van der Waals surface area (Å²) in [6.07, 6.45) is 1.34. The third-order valence-electron chi connectivity index (χ3n) is 3.12. The minimum atomic E-state index is 0.0777. The molecule has 0 radical (unpaired) electrons. The zero-order chi connectivity index (χ0) is 14.1. The second-order valence-electron chi connectivity index (χ2n) is 4.62. The molecule has 0 atom stereocenters. The zero-order valence-corrected chi connectivity index (χ0v) is 12.1. The number of rotatable bonds is 8. The van der Waals surface area contributed by atoms with E-state index < -0.39 is 0 Å². The number of carbonyl (C=O) groups is 1. The van der Waals surface area contributed by atoms with Crippen LogP contribution < -0.4 is 10.6 Å². The van der Waals surface area contributed by atoms with E-state index in [0.29, 0.717) is 26.1 Å².